The zero-order chi connectivity index (χ0) is 16.4. The van der Waals surface area contributed by atoms with Crippen molar-refractivity contribution in [2.75, 3.05) is 6.61 Å². The third-order valence-electron chi connectivity index (χ3n) is 3.56. The van der Waals surface area contributed by atoms with Crippen LogP contribution in [-0.2, 0) is 0 Å². The molecule has 3 rings (SSSR count). The van der Waals surface area contributed by atoms with E-state index >= 15 is 0 Å². The zero-order valence-electron chi connectivity index (χ0n) is 13.0. The van der Waals surface area contributed by atoms with Crippen molar-refractivity contribution in [3.63, 3.8) is 0 Å². The highest BCUT2D eigenvalue weighted by Gasteiger charge is 2.22. The van der Waals surface area contributed by atoms with Crippen LogP contribution in [0.4, 0.5) is 0 Å². The number of carbonyl (C=O) groups is 1. The molecule has 0 aliphatic heterocycles. The minimum Gasteiger partial charge on any atom is -0.394 e. The second-order valence-corrected chi connectivity index (χ2v) is 6.02. The number of imidazole rings is 1. The Bertz CT molecular complexity index is 840. The molecule has 0 aliphatic carbocycles. The van der Waals surface area contributed by atoms with E-state index in [1.54, 1.807) is 38.4 Å². The SMILES string of the molecule is CC(C)(CO)NC(=O)c1cccc2[nH]c(-c3ccncc3)nc12. The van der Waals surface area contributed by atoms with Crippen LogP contribution in [0, 0.1) is 0 Å². The van der Waals surface area contributed by atoms with Crippen LogP contribution in [0.3, 0.4) is 0 Å². The van der Waals surface area contributed by atoms with Crippen molar-refractivity contribution in [3.8, 4) is 11.4 Å². The zero-order valence-corrected chi connectivity index (χ0v) is 13.0. The number of aromatic nitrogens is 3. The monoisotopic (exact) mass is 310 g/mol. The first-order valence-corrected chi connectivity index (χ1v) is 7.33. The fourth-order valence-electron chi connectivity index (χ4n) is 2.28. The summed E-state index contributed by atoms with van der Waals surface area (Å²) in [6.07, 6.45) is 3.39. The van der Waals surface area contributed by atoms with Gasteiger partial charge in [0.05, 0.1) is 23.2 Å². The quantitative estimate of drug-likeness (QED) is 0.688. The molecule has 1 amide bonds. The van der Waals surface area contributed by atoms with Gasteiger partial charge in [0.25, 0.3) is 5.91 Å². The van der Waals surface area contributed by atoms with Crippen molar-refractivity contribution >= 4 is 16.9 Å². The molecule has 0 saturated carbocycles. The number of benzene rings is 1. The molecule has 6 nitrogen and oxygen atoms in total. The highest BCUT2D eigenvalue weighted by Crippen LogP contribution is 2.22. The number of aromatic amines is 1. The maximum Gasteiger partial charge on any atom is 0.254 e. The van der Waals surface area contributed by atoms with Crippen LogP contribution in [0.2, 0.25) is 0 Å². The molecule has 0 fully saturated rings. The molecule has 0 bridgehead atoms. The summed E-state index contributed by atoms with van der Waals surface area (Å²) in [5, 5.41) is 12.1. The summed E-state index contributed by atoms with van der Waals surface area (Å²) < 4.78 is 0. The molecular formula is C17H18N4O2. The Kier molecular flexibility index (Phi) is 3.83. The lowest BCUT2D eigenvalue weighted by Gasteiger charge is -2.23. The van der Waals surface area contributed by atoms with Crippen LogP contribution in [0.15, 0.2) is 42.7 Å². The summed E-state index contributed by atoms with van der Waals surface area (Å²) in [5.41, 5.74) is 2.07. The van der Waals surface area contributed by atoms with E-state index in [9.17, 15) is 9.90 Å². The predicted molar refractivity (Wildman–Crippen MR) is 88.0 cm³/mol. The number of para-hydroxylation sites is 1. The van der Waals surface area contributed by atoms with Crippen molar-refractivity contribution < 1.29 is 9.90 Å². The van der Waals surface area contributed by atoms with Gasteiger partial charge in [-0.15, -0.1) is 0 Å². The van der Waals surface area contributed by atoms with E-state index in [1.165, 1.54) is 0 Å². The Balaban J connectivity index is 2.02. The number of nitrogens with one attached hydrogen (secondary N) is 2. The minimum atomic E-state index is -0.691. The number of aliphatic hydroxyl groups is 1. The first-order valence-electron chi connectivity index (χ1n) is 7.33. The fraction of sp³-hybridized carbons (Fsp3) is 0.235. The van der Waals surface area contributed by atoms with E-state index in [2.05, 4.69) is 20.3 Å². The number of aliphatic hydroxyl groups excluding tert-OH is 1. The molecule has 0 unspecified atom stereocenters. The van der Waals surface area contributed by atoms with Gasteiger partial charge in [-0.3, -0.25) is 9.78 Å². The Morgan fingerprint density at radius 3 is 2.70 bits per heavy atom. The first-order chi connectivity index (χ1) is 11.0. The molecule has 2 aromatic heterocycles. The Labute approximate surface area is 133 Å². The fourth-order valence-corrected chi connectivity index (χ4v) is 2.28. The highest BCUT2D eigenvalue weighted by atomic mass is 16.3. The molecule has 0 aliphatic rings. The van der Waals surface area contributed by atoms with Crippen LogP contribution in [-0.4, -0.2) is 38.1 Å². The van der Waals surface area contributed by atoms with Gasteiger partial charge in [0.1, 0.15) is 11.3 Å². The number of rotatable bonds is 4. The maximum atomic E-state index is 12.5. The Morgan fingerprint density at radius 1 is 1.26 bits per heavy atom. The standard InChI is InChI=1S/C17H18N4O2/c1-17(2,10-22)21-16(23)12-4-3-5-13-14(12)20-15(19-13)11-6-8-18-9-7-11/h3-9,22H,10H2,1-2H3,(H,19,20)(H,21,23). The largest absolute Gasteiger partial charge is 0.394 e. The van der Waals surface area contributed by atoms with Gasteiger partial charge >= 0.3 is 0 Å². The molecule has 3 aromatic rings. The van der Waals surface area contributed by atoms with E-state index in [-0.39, 0.29) is 12.5 Å². The Morgan fingerprint density at radius 2 is 2.00 bits per heavy atom. The molecule has 0 atom stereocenters. The second kappa shape index (κ2) is 5.81. The number of nitrogens with zero attached hydrogens (tertiary/aromatic N) is 2. The van der Waals surface area contributed by atoms with Gasteiger partial charge in [-0.25, -0.2) is 4.98 Å². The average Bonchev–Trinajstić information content (AvgIpc) is 2.99. The van der Waals surface area contributed by atoms with Crippen molar-refractivity contribution in [3.05, 3.63) is 48.3 Å². The van der Waals surface area contributed by atoms with Crippen molar-refractivity contribution in [1.29, 1.82) is 0 Å². The van der Waals surface area contributed by atoms with Gasteiger partial charge < -0.3 is 15.4 Å². The summed E-state index contributed by atoms with van der Waals surface area (Å²) in [6, 6.07) is 9.11. The van der Waals surface area contributed by atoms with Crippen LogP contribution in [0.25, 0.3) is 22.4 Å². The summed E-state index contributed by atoms with van der Waals surface area (Å²) >= 11 is 0. The van der Waals surface area contributed by atoms with Crippen LogP contribution >= 0.6 is 0 Å². The van der Waals surface area contributed by atoms with E-state index in [0.717, 1.165) is 11.1 Å². The molecule has 1 aromatic carbocycles. The number of hydrogen-bond acceptors (Lipinski definition) is 4. The lowest BCUT2D eigenvalue weighted by Crippen LogP contribution is -2.46. The summed E-state index contributed by atoms with van der Waals surface area (Å²) in [7, 11) is 0. The summed E-state index contributed by atoms with van der Waals surface area (Å²) in [4.78, 5) is 24.3. The number of H-pyrrole nitrogens is 1. The van der Waals surface area contributed by atoms with Crippen LogP contribution in [0.5, 0.6) is 0 Å². The van der Waals surface area contributed by atoms with Crippen LogP contribution in [0.1, 0.15) is 24.2 Å². The smallest absolute Gasteiger partial charge is 0.254 e. The van der Waals surface area contributed by atoms with Crippen molar-refractivity contribution in [1.82, 2.24) is 20.3 Å². The topological polar surface area (TPSA) is 90.9 Å². The number of hydrogen-bond donors (Lipinski definition) is 3. The molecule has 0 spiro atoms. The number of amides is 1. The van der Waals surface area contributed by atoms with Gasteiger partial charge in [0, 0.05) is 18.0 Å². The summed E-state index contributed by atoms with van der Waals surface area (Å²) in [5.74, 6) is 0.423. The van der Waals surface area contributed by atoms with Gasteiger partial charge in [-0.05, 0) is 38.1 Å². The first kappa shape index (κ1) is 15.2. The van der Waals surface area contributed by atoms with E-state index in [4.69, 9.17) is 0 Å². The third-order valence-corrected chi connectivity index (χ3v) is 3.56. The molecule has 118 valence electrons. The molecule has 2 heterocycles. The van der Waals surface area contributed by atoms with E-state index < -0.39 is 5.54 Å². The lowest BCUT2D eigenvalue weighted by molar-refractivity contribution is 0.0871. The van der Waals surface area contributed by atoms with Gasteiger partial charge in [0.2, 0.25) is 0 Å². The third kappa shape index (κ3) is 3.07. The van der Waals surface area contributed by atoms with Crippen molar-refractivity contribution in [2.24, 2.45) is 0 Å². The predicted octanol–water partition coefficient (Wildman–Crippen LogP) is 2.13. The van der Waals surface area contributed by atoms with Crippen LogP contribution < -0.4 is 5.32 Å². The molecule has 23 heavy (non-hydrogen) atoms. The van der Waals surface area contributed by atoms with Gasteiger partial charge in [0.15, 0.2) is 0 Å². The highest BCUT2D eigenvalue weighted by molar-refractivity contribution is 6.05. The molecule has 6 heteroatoms. The number of carbonyl (C=O) groups excluding carboxylic acids is 1. The maximum absolute atomic E-state index is 12.5. The Hall–Kier alpha value is -2.73. The molecule has 0 radical (unpaired) electrons. The van der Waals surface area contributed by atoms with E-state index in [0.29, 0.717) is 16.9 Å². The molecular weight excluding hydrogens is 292 g/mol. The van der Waals surface area contributed by atoms with Crippen molar-refractivity contribution in [2.45, 2.75) is 19.4 Å². The number of fused-ring (bicyclic) bond motifs is 1. The van der Waals surface area contributed by atoms with E-state index in [1.807, 2.05) is 18.2 Å². The average molecular weight is 310 g/mol. The molecule has 0 saturated heterocycles. The minimum absolute atomic E-state index is 0.141. The molecule has 3 N–H and O–H groups in total. The lowest BCUT2D eigenvalue weighted by atomic mass is 10.1. The van der Waals surface area contributed by atoms with Gasteiger partial charge in [-0.2, -0.15) is 0 Å². The number of pyridine rings is 1. The van der Waals surface area contributed by atoms with Gasteiger partial charge in [-0.1, -0.05) is 6.07 Å². The normalized spacial score (nSPS) is 11.6. The second-order valence-electron chi connectivity index (χ2n) is 6.02. The summed E-state index contributed by atoms with van der Waals surface area (Å²) in [6.45, 7) is 3.38.